The zero-order valence-electron chi connectivity index (χ0n) is 15.0. The number of amides is 1. The van der Waals surface area contributed by atoms with Crippen molar-refractivity contribution in [2.45, 2.75) is 23.3 Å². The summed E-state index contributed by atoms with van der Waals surface area (Å²) in [6.07, 6.45) is 2.33. The Morgan fingerprint density at radius 3 is 2.75 bits per heavy atom. The smallest absolute Gasteiger partial charge is 0.255 e. The van der Waals surface area contributed by atoms with Crippen molar-refractivity contribution >= 4 is 40.7 Å². The molecule has 1 amide bonds. The first-order valence-electron chi connectivity index (χ1n) is 8.67. The summed E-state index contributed by atoms with van der Waals surface area (Å²) in [5, 5.41) is 8.59. The molecular formula is C20H16ClN5OS. The fourth-order valence-electron chi connectivity index (χ4n) is 2.65. The predicted molar refractivity (Wildman–Crippen MR) is 110 cm³/mol. The SMILES string of the molecule is CCc1cc(Sc2ccc(NC(=O)c3cccc(Cl)c3)cc2)n2ncnc2n1. The van der Waals surface area contributed by atoms with Gasteiger partial charge < -0.3 is 5.32 Å². The number of aryl methyl sites for hydroxylation is 1. The molecule has 0 saturated carbocycles. The molecule has 4 aromatic rings. The lowest BCUT2D eigenvalue weighted by Crippen LogP contribution is -2.11. The Morgan fingerprint density at radius 2 is 2.00 bits per heavy atom. The van der Waals surface area contributed by atoms with Crippen LogP contribution >= 0.6 is 23.4 Å². The third-order valence-electron chi connectivity index (χ3n) is 4.06. The average Bonchev–Trinajstić information content (AvgIpc) is 3.18. The van der Waals surface area contributed by atoms with E-state index in [1.165, 1.54) is 6.33 Å². The second-order valence-corrected chi connectivity index (χ2v) is 7.53. The number of anilines is 1. The fraction of sp³-hybridized carbons (Fsp3) is 0.100. The van der Waals surface area contributed by atoms with Crippen molar-refractivity contribution in [2.24, 2.45) is 0 Å². The van der Waals surface area contributed by atoms with Crippen LogP contribution in [0.15, 0.2) is 70.8 Å². The van der Waals surface area contributed by atoms with Crippen LogP contribution in [0.25, 0.3) is 5.78 Å². The molecule has 0 unspecified atom stereocenters. The quantitative estimate of drug-likeness (QED) is 0.482. The monoisotopic (exact) mass is 409 g/mol. The Morgan fingerprint density at radius 1 is 1.18 bits per heavy atom. The highest BCUT2D eigenvalue weighted by Crippen LogP contribution is 2.29. The summed E-state index contributed by atoms with van der Waals surface area (Å²) in [6, 6.07) is 16.5. The molecule has 140 valence electrons. The van der Waals surface area contributed by atoms with Gasteiger partial charge in [0.05, 0.1) is 0 Å². The summed E-state index contributed by atoms with van der Waals surface area (Å²) in [5.41, 5.74) is 2.20. The van der Waals surface area contributed by atoms with Crippen molar-refractivity contribution in [1.29, 1.82) is 0 Å². The van der Waals surface area contributed by atoms with Crippen LogP contribution in [0.2, 0.25) is 5.02 Å². The number of halogens is 1. The summed E-state index contributed by atoms with van der Waals surface area (Å²) in [5.74, 6) is 0.390. The van der Waals surface area contributed by atoms with Gasteiger partial charge in [-0.15, -0.1) is 0 Å². The minimum Gasteiger partial charge on any atom is -0.322 e. The van der Waals surface area contributed by atoms with Gasteiger partial charge in [0.2, 0.25) is 0 Å². The lowest BCUT2D eigenvalue weighted by Gasteiger charge is -2.08. The van der Waals surface area contributed by atoms with E-state index in [-0.39, 0.29) is 5.91 Å². The molecule has 2 heterocycles. The molecule has 8 heteroatoms. The van der Waals surface area contributed by atoms with E-state index in [0.29, 0.717) is 22.1 Å². The molecule has 0 bridgehead atoms. The summed E-state index contributed by atoms with van der Waals surface area (Å²) in [7, 11) is 0. The van der Waals surface area contributed by atoms with Crippen LogP contribution in [-0.2, 0) is 6.42 Å². The Labute approximate surface area is 171 Å². The van der Waals surface area contributed by atoms with Gasteiger partial charge in [0.1, 0.15) is 11.4 Å². The molecule has 4 rings (SSSR count). The van der Waals surface area contributed by atoms with Gasteiger partial charge in [-0.2, -0.15) is 14.6 Å². The maximum Gasteiger partial charge on any atom is 0.255 e. The van der Waals surface area contributed by atoms with Crippen LogP contribution in [-0.4, -0.2) is 25.5 Å². The molecule has 0 aliphatic carbocycles. The summed E-state index contributed by atoms with van der Waals surface area (Å²) >= 11 is 7.51. The molecule has 0 saturated heterocycles. The molecule has 0 radical (unpaired) electrons. The number of benzene rings is 2. The standard InChI is InChI=1S/C20H16ClN5OS/c1-2-15-11-18(26-20(25-15)22-12-23-26)28-17-8-6-16(7-9-17)24-19(27)13-4-3-5-14(21)10-13/h3-12H,2H2,1H3,(H,24,27). The van der Waals surface area contributed by atoms with Gasteiger partial charge in [-0.1, -0.05) is 36.4 Å². The van der Waals surface area contributed by atoms with E-state index >= 15 is 0 Å². The van der Waals surface area contributed by atoms with Crippen molar-refractivity contribution in [3.8, 4) is 0 Å². The highest BCUT2D eigenvalue weighted by Gasteiger charge is 2.10. The van der Waals surface area contributed by atoms with Crippen molar-refractivity contribution < 1.29 is 4.79 Å². The Bertz CT molecular complexity index is 1140. The third-order valence-corrected chi connectivity index (χ3v) is 5.30. The number of aromatic nitrogens is 4. The molecule has 0 aliphatic rings. The fourth-order valence-corrected chi connectivity index (χ4v) is 3.76. The van der Waals surface area contributed by atoms with Gasteiger partial charge in [0.15, 0.2) is 0 Å². The molecule has 2 aromatic heterocycles. The van der Waals surface area contributed by atoms with Crippen molar-refractivity contribution in [1.82, 2.24) is 19.6 Å². The van der Waals surface area contributed by atoms with Gasteiger partial charge >= 0.3 is 0 Å². The highest BCUT2D eigenvalue weighted by molar-refractivity contribution is 7.99. The third kappa shape index (κ3) is 4.00. The lowest BCUT2D eigenvalue weighted by atomic mass is 10.2. The topological polar surface area (TPSA) is 72.2 Å². The molecular weight excluding hydrogens is 394 g/mol. The van der Waals surface area contributed by atoms with E-state index in [0.717, 1.165) is 22.0 Å². The van der Waals surface area contributed by atoms with Crippen molar-refractivity contribution in [3.05, 3.63) is 77.2 Å². The van der Waals surface area contributed by atoms with Gasteiger partial charge in [-0.05, 0) is 55.0 Å². The number of fused-ring (bicyclic) bond motifs is 1. The largest absolute Gasteiger partial charge is 0.322 e. The minimum absolute atomic E-state index is 0.200. The maximum absolute atomic E-state index is 12.3. The second-order valence-electron chi connectivity index (χ2n) is 6.00. The number of nitrogens with zero attached hydrogens (tertiary/aromatic N) is 4. The molecule has 0 fully saturated rings. The van der Waals surface area contributed by atoms with E-state index in [4.69, 9.17) is 11.6 Å². The first-order valence-corrected chi connectivity index (χ1v) is 9.86. The molecule has 1 N–H and O–H groups in total. The number of hydrogen-bond acceptors (Lipinski definition) is 5. The molecule has 0 aliphatic heterocycles. The zero-order valence-corrected chi connectivity index (χ0v) is 16.5. The second kappa shape index (κ2) is 8.00. The minimum atomic E-state index is -0.200. The first-order chi connectivity index (χ1) is 13.6. The summed E-state index contributed by atoms with van der Waals surface area (Å²) < 4.78 is 1.72. The van der Waals surface area contributed by atoms with Crippen molar-refractivity contribution in [3.63, 3.8) is 0 Å². The highest BCUT2D eigenvalue weighted by atomic mass is 35.5. The lowest BCUT2D eigenvalue weighted by molar-refractivity contribution is 0.102. The van der Waals surface area contributed by atoms with Crippen LogP contribution in [0, 0.1) is 0 Å². The molecule has 0 atom stereocenters. The Balaban J connectivity index is 1.51. The number of hydrogen-bond donors (Lipinski definition) is 1. The Kier molecular flexibility index (Phi) is 5.27. The van der Waals surface area contributed by atoms with Gasteiger partial charge in [-0.25, -0.2) is 4.98 Å². The van der Waals surface area contributed by atoms with Crippen LogP contribution in [0.5, 0.6) is 0 Å². The van der Waals surface area contributed by atoms with E-state index in [9.17, 15) is 4.79 Å². The van der Waals surface area contributed by atoms with E-state index in [1.54, 1.807) is 40.5 Å². The van der Waals surface area contributed by atoms with Crippen LogP contribution < -0.4 is 5.32 Å². The number of carbonyl (C=O) groups is 1. The number of carbonyl (C=O) groups excluding carboxylic acids is 1. The predicted octanol–water partition coefficient (Wildman–Crippen LogP) is 4.74. The van der Waals surface area contributed by atoms with E-state index in [2.05, 4.69) is 27.3 Å². The molecule has 2 aromatic carbocycles. The van der Waals surface area contributed by atoms with Crippen LogP contribution in [0.4, 0.5) is 5.69 Å². The number of rotatable bonds is 5. The van der Waals surface area contributed by atoms with Gasteiger partial charge in [-0.3, -0.25) is 4.79 Å². The van der Waals surface area contributed by atoms with E-state index in [1.807, 2.05) is 30.3 Å². The van der Waals surface area contributed by atoms with Gasteiger partial charge in [0, 0.05) is 26.9 Å². The molecule has 0 spiro atoms. The zero-order chi connectivity index (χ0) is 19.5. The maximum atomic E-state index is 12.3. The van der Waals surface area contributed by atoms with Crippen molar-refractivity contribution in [2.75, 3.05) is 5.32 Å². The van der Waals surface area contributed by atoms with Crippen LogP contribution in [0.3, 0.4) is 0 Å². The summed E-state index contributed by atoms with van der Waals surface area (Å²) in [4.78, 5) is 22.0. The summed E-state index contributed by atoms with van der Waals surface area (Å²) in [6.45, 7) is 2.06. The Hall–Kier alpha value is -2.90. The normalized spacial score (nSPS) is 10.9. The number of nitrogens with one attached hydrogen (secondary N) is 1. The molecule has 28 heavy (non-hydrogen) atoms. The van der Waals surface area contributed by atoms with Gasteiger partial charge in [0.25, 0.3) is 11.7 Å². The average molecular weight is 410 g/mol. The first kappa shape index (κ1) is 18.5. The van der Waals surface area contributed by atoms with Crippen LogP contribution in [0.1, 0.15) is 23.0 Å². The van der Waals surface area contributed by atoms with E-state index < -0.39 is 0 Å². The molecule has 6 nitrogen and oxygen atoms in total.